The third kappa shape index (κ3) is 1.72. The second-order valence-electron chi connectivity index (χ2n) is 3.53. The first-order valence-electron chi connectivity index (χ1n) is 4.97. The first-order chi connectivity index (χ1) is 7.22. The summed E-state index contributed by atoms with van der Waals surface area (Å²) in [6, 6.07) is 0. The van der Waals surface area contributed by atoms with Gasteiger partial charge in [0, 0.05) is 33.0 Å². The summed E-state index contributed by atoms with van der Waals surface area (Å²) in [7, 11) is 3.93. The molecule has 0 aromatic carbocycles. The van der Waals surface area contributed by atoms with Crippen molar-refractivity contribution in [2.24, 2.45) is 0 Å². The molecule has 0 amide bonds. The van der Waals surface area contributed by atoms with Gasteiger partial charge in [-0.3, -0.25) is 0 Å². The van der Waals surface area contributed by atoms with Crippen molar-refractivity contribution in [3.05, 3.63) is 18.6 Å². The van der Waals surface area contributed by atoms with Crippen molar-refractivity contribution < 1.29 is 0 Å². The Kier molecular flexibility index (Phi) is 2.45. The molecule has 0 saturated carbocycles. The van der Waals surface area contributed by atoms with E-state index in [1.54, 1.807) is 6.20 Å². The molecule has 15 heavy (non-hydrogen) atoms. The molecule has 0 aliphatic carbocycles. The Morgan fingerprint density at radius 1 is 1.47 bits per heavy atom. The minimum atomic E-state index is 0.861. The Labute approximate surface area is 88.8 Å². The molecule has 0 unspecified atom stereocenters. The molecule has 1 N–H and O–H groups in total. The van der Waals surface area contributed by atoms with Gasteiger partial charge >= 0.3 is 0 Å². The molecule has 0 aliphatic heterocycles. The van der Waals surface area contributed by atoms with Gasteiger partial charge in [0.15, 0.2) is 11.5 Å². The summed E-state index contributed by atoms with van der Waals surface area (Å²) >= 11 is 0. The van der Waals surface area contributed by atoms with Gasteiger partial charge in [-0.25, -0.2) is 9.97 Å². The Morgan fingerprint density at radius 2 is 2.27 bits per heavy atom. The topological polar surface area (TPSA) is 45.5 Å². The van der Waals surface area contributed by atoms with Crippen LogP contribution >= 0.6 is 0 Å². The monoisotopic (exact) mass is 205 g/mol. The van der Waals surface area contributed by atoms with E-state index in [2.05, 4.69) is 22.2 Å². The van der Waals surface area contributed by atoms with Gasteiger partial charge in [-0.05, 0) is 6.92 Å². The molecule has 2 heterocycles. The van der Waals surface area contributed by atoms with E-state index in [0.717, 1.165) is 23.8 Å². The Morgan fingerprint density at radius 3 is 2.93 bits per heavy atom. The predicted molar refractivity (Wildman–Crippen MR) is 61.5 cm³/mol. The van der Waals surface area contributed by atoms with Crippen LogP contribution < -0.4 is 10.2 Å². The van der Waals surface area contributed by atoms with E-state index in [4.69, 9.17) is 0 Å². The van der Waals surface area contributed by atoms with Crippen molar-refractivity contribution in [2.45, 2.75) is 6.92 Å². The summed E-state index contributed by atoms with van der Waals surface area (Å²) in [5.74, 6) is 1.74. The molecule has 2 aromatic heterocycles. The van der Waals surface area contributed by atoms with Crippen LogP contribution in [-0.4, -0.2) is 35.0 Å². The molecule has 2 rings (SSSR count). The van der Waals surface area contributed by atoms with Crippen LogP contribution in [0.5, 0.6) is 0 Å². The zero-order valence-electron chi connectivity index (χ0n) is 9.23. The number of nitrogens with one attached hydrogen (secondary N) is 1. The third-order valence-corrected chi connectivity index (χ3v) is 2.14. The maximum Gasteiger partial charge on any atom is 0.180 e. The van der Waals surface area contributed by atoms with Gasteiger partial charge in [-0.1, -0.05) is 0 Å². The van der Waals surface area contributed by atoms with Crippen LogP contribution in [-0.2, 0) is 0 Å². The SMILES string of the molecule is CCNc1cn2ccnc2c(N(C)C)n1. The van der Waals surface area contributed by atoms with Gasteiger partial charge in [0.1, 0.15) is 5.82 Å². The summed E-state index contributed by atoms with van der Waals surface area (Å²) in [6.45, 7) is 2.91. The summed E-state index contributed by atoms with van der Waals surface area (Å²) < 4.78 is 1.97. The number of nitrogens with zero attached hydrogens (tertiary/aromatic N) is 4. The maximum atomic E-state index is 4.49. The van der Waals surface area contributed by atoms with E-state index in [1.807, 2.05) is 35.8 Å². The standard InChI is InChI=1S/C10H15N5/c1-4-11-8-7-15-6-5-12-9(15)10(13-8)14(2)3/h5-7,11H,4H2,1-3H3. The van der Waals surface area contributed by atoms with E-state index in [9.17, 15) is 0 Å². The molecule has 0 aliphatic rings. The molecule has 0 saturated heterocycles. The minimum Gasteiger partial charge on any atom is -0.369 e. The van der Waals surface area contributed by atoms with Crippen molar-refractivity contribution in [3.8, 4) is 0 Å². The van der Waals surface area contributed by atoms with Crippen molar-refractivity contribution in [2.75, 3.05) is 30.9 Å². The zero-order valence-corrected chi connectivity index (χ0v) is 9.23. The lowest BCUT2D eigenvalue weighted by Crippen LogP contribution is -2.14. The molecule has 0 spiro atoms. The Bertz CT molecular complexity index is 460. The minimum absolute atomic E-state index is 0.861. The van der Waals surface area contributed by atoms with E-state index in [0.29, 0.717) is 0 Å². The summed E-state index contributed by atoms with van der Waals surface area (Å²) in [5, 5.41) is 3.20. The fraction of sp³-hybridized carbons (Fsp3) is 0.400. The van der Waals surface area contributed by atoms with Gasteiger partial charge in [0.2, 0.25) is 0 Å². The number of fused-ring (bicyclic) bond motifs is 1. The normalized spacial score (nSPS) is 10.6. The van der Waals surface area contributed by atoms with Crippen LogP contribution in [0.3, 0.4) is 0 Å². The summed E-state index contributed by atoms with van der Waals surface area (Å²) in [5.41, 5.74) is 0.877. The number of hydrogen-bond donors (Lipinski definition) is 1. The Hall–Kier alpha value is -1.78. The van der Waals surface area contributed by atoms with E-state index in [1.165, 1.54) is 0 Å². The highest BCUT2D eigenvalue weighted by Crippen LogP contribution is 2.18. The van der Waals surface area contributed by atoms with Crippen molar-refractivity contribution in [3.63, 3.8) is 0 Å². The van der Waals surface area contributed by atoms with E-state index in [-0.39, 0.29) is 0 Å². The van der Waals surface area contributed by atoms with Crippen LogP contribution in [0.15, 0.2) is 18.6 Å². The number of anilines is 2. The number of hydrogen-bond acceptors (Lipinski definition) is 4. The van der Waals surface area contributed by atoms with Crippen molar-refractivity contribution >= 4 is 17.3 Å². The molecule has 0 radical (unpaired) electrons. The van der Waals surface area contributed by atoms with E-state index >= 15 is 0 Å². The smallest absolute Gasteiger partial charge is 0.180 e. The van der Waals surface area contributed by atoms with E-state index < -0.39 is 0 Å². The Balaban J connectivity index is 2.58. The molecule has 0 atom stereocenters. The molecule has 2 aromatic rings. The van der Waals surface area contributed by atoms with Crippen LogP contribution in [0.2, 0.25) is 0 Å². The molecular formula is C10H15N5. The van der Waals surface area contributed by atoms with Crippen LogP contribution in [0.1, 0.15) is 6.92 Å². The molecule has 0 fully saturated rings. The fourth-order valence-corrected chi connectivity index (χ4v) is 1.48. The summed E-state index contributed by atoms with van der Waals surface area (Å²) in [6.07, 6.45) is 5.64. The van der Waals surface area contributed by atoms with Gasteiger partial charge in [0.05, 0.1) is 6.20 Å². The van der Waals surface area contributed by atoms with Crippen LogP contribution in [0.25, 0.3) is 5.65 Å². The largest absolute Gasteiger partial charge is 0.369 e. The number of aromatic nitrogens is 3. The summed E-state index contributed by atoms with van der Waals surface area (Å²) in [4.78, 5) is 10.7. The molecule has 5 nitrogen and oxygen atoms in total. The number of imidazole rings is 1. The fourth-order valence-electron chi connectivity index (χ4n) is 1.48. The van der Waals surface area contributed by atoms with Gasteiger partial charge in [0.25, 0.3) is 0 Å². The quantitative estimate of drug-likeness (QED) is 0.818. The zero-order chi connectivity index (χ0) is 10.8. The average molecular weight is 205 g/mol. The first kappa shape index (κ1) is 9.76. The van der Waals surface area contributed by atoms with Crippen molar-refractivity contribution in [1.82, 2.24) is 14.4 Å². The maximum absolute atomic E-state index is 4.49. The van der Waals surface area contributed by atoms with Gasteiger partial charge in [-0.15, -0.1) is 0 Å². The van der Waals surface area contributed by atoms with Gasteiger partial charge in [-0.2, -0.15) is 0 Å². The molecule has 0 bridgehead atoms. The van der Waals surface area contributed by atoms with Crippen LogP contribution in [0.4, 0.5) is 11.6 Å². The highest BCUT2D eigenvalue weighted by Gasteiger charge is 2.08. The average Bonchev–Trinajstić information content (AvgIpc) is 2.64. The van der Waals surface area contributed by atoms with Gasteiger partial charge < -0.3 is 14.6 Å². The third-order valence-electron chi connectivity index (χ3n) is 2.14. The predicted octanol–water partition coefficient (Wildman–Crippen LogP) is 1.23. The van der Waals surface area contributed by atoms with Crippen LogP contribution in [0, 0.1) is 0 Å². The van der Waals surface area contributed by atoms with Crippen molar-refractivity contribution in [1.29, 1.82) is 0 Å². The lowest BCUT2D eigenvalue weighted by molar-refractivity contribution is 1.02. The molecule has 5 heteroatoms. The highest BCUT2D eigenvalue weighted by molar-refractivity contribution is 5.66. The molecular weight excluding hydrogens is 190 g/mol. The first-order valence-corrected chi connectivity index (χ1v) is 4.97. The second-order valence-corrected chi connectivity index (χ2v) is 3.53. The highest BCUT2D eigenvalue weighted by atomic mass is 15.2. The molecule has 80 valence electrons. The lowest BCUT2D eigenvalue weighted by atomic mass is 10.5. The second kappa shape index (κ2) is 3.76. The number of rotatable bonds is 3. The lowest BCUT2D eigenvalue weighted by Gasteiger charge is -2.14.